The molecule has 3 aromatic rings. The molecule has 7 heteroatoms. The van der Waals surface area contributed by atoms with Crippen molar-refractivity contribution in [3.8, 4) is 0 Å². The van der Waals surface area contributed by atoms with E-state index in [9.17, 15) is 0 Å². The van der Waals surface area contributed by atoms with Crippen molar-refractivity contribution in [3.63, 3.8) is 0 Å². The zero-order chi connectivity index (χ0) is 13.4. The first-order chi connectivity index (χ1) is 9.16. The summed E-state index contributed by atoms with van der Waals surface area (Å²) in [5.41, 5.74) is 3.15. The van der Waals surface area contributed by atoms with Crippen molar-refractivity contribution >= 4 is 34.3 Å². The van der Waals surface area contributed by atoms with Crippen molar-refractivity contribution in [1.82, 2.24) is 25.0 Å². The van der Waals surface area contributed by atoms with Crippen LogP contribution in [0, 0.1) is 6.92 Å². The number of aryl methyl sites for hydroxylation is 1. The van der Waals surface area contributed by atoms with Crippen LogP contribution in [0.1, 0.15) is 5.56 Å². The summed E-state index contributed by atoms with van der Waals surface area (Å²) in [6, 6.07) is 5.66. The molecule has 0 aliphatic rings. The van der Waals surface area contributed by atoms with E-state index in [1.807, 2.05) is 25.1 Å². The highest BCUT2D eigenvalue weighted by Crippen LogP contribution is 2.27. The molecular formula is C12H11ClN6. The van der Waals surface area contributed by atoms with Gasteiger partial charge in [-0.25, -0.2) is 14.6 Å². The minimum atomic E-state index is 0.614. The fourth-order valence-electron chi connectivity index (χ4n) is 1.81. The molecule has 2 heterocycles. The van der Waals surface area contributed by atoms with Gasteiger partial charge in [0.1, 0.15) is 6.33 Å². The highest BCUT2D eigenvalue weighted by molar-refractivity contribution is 6.31. The van der Waals surface area contributed by atoms with Gasteiger partial charge in [-0.3, -0.25) is 0 Å². The van der Waals surface area contributed by atoms with E-state index in [-0.39, 0.29) is 0 Å². The summed E-state index contributed by atoms with van der Waals surface area (Å²) >= 11 is 6.10. The average molecular weight is 275 g/mol. The van der Waals surface area contributed by atoms with Crippen molar-refractivity contribution in [1.29, 1.82) is 0 Å². The number of nitrogens with one attached hydrogen (secondary N) is 1. The highest BCUT2D eigenvalue weighted by Gasteiger charge is 2.11. The largest absolute Gasteiger partial charge is 0.338 e. The van der Waals surface area contributed by atoms with Crippen molar-refractivity contribution in [3.05, 3.63) is 35.1 Å². The van der Waals surface area contributed by atoms with Gasteiger partial charge in [-0.2, -0.15) is 0 Å². The minimum Gasteiger partial charge on any atom is -0.338 e. The molecule has 96 valence electrons. The van der Waals surface area contributed by atoms with E-state index < -0.39 is 0 Å². The van der Waals surface area contributed by atoms with Crippen LogP contribution in [0.5, 0.6) is 0 Å². The summed E-state index contributed by atoms with van der Waals surface area (Å²) in [4.78, 5) is 8.35. The second-order valence-electron chi connectivity index (χ2n) is 4.14. The molecule has 1 aromatic carbocycles. The van der Waals surface area contributed by atoms with E-state index in [2.05, 4.69) is 25.6 Å². The monoisotopic (exact) mass is 274 g/mol. The van der Waals surface area contributed by atoms with Crippen LogP contribution in [-0.2, 0) is 7.05 Å². The number of benzene rings is 1. The van der Waals surface area contributed by atoms with E-state index in [4.69, 9.17) is 11.6 Å². The van der Waals surface area contributed by atoms with Gasteiger partial charge in [0, 0.05) is 17.8 Å². The number of anilines is 2. The molecule has 0 amide bonds. The lowest BCUT2D eigenvalue weighted by Gasteiger charge is -2.09. The topological polar surface area (TPSA) is 68.5 Å². The zero-order valence-corrected chi connectivity index (χ0v) is 11.2. The molecule has 0 unspecified atom stereocenters. The Labute approximate surface area is 114 Å². The van der Waals surface area contributed by atoms with Crippen LogP contribution in [-0.4, -0.2) is 25.0 Å². The predicted molar refractivity (Wildman–Crippen MR) is 73.6 cm³/mol. The lowest BCUT2D eigenvalue weighted by Crippen LogP contribution is -1.98. The molecule has 0 aliphatic heterocycles. The molecule has 3 rings (SSSR count). The lowest BCUT2D eigenvalue weighted by molar-refractivity contribution is 0.729. The predicted octanol–water partition coefficient (Wildman–Crippen LogP) is 2.46. The van der Waals surface area contributed by atoms with Gasteiger partial charge in [-0.05, 0) is 24.6 Å². The number of rotatable bonds is 2. The SMILES string of the molecule is Cc1c(Cl)cccc1Nc1ncnc2c1nnn2C. The Kier molecular flexibility index (Phi) is 2.79. The molecule has 0 saturated carbocycles. The summed E-state index contributed by atoms with van der Waals surface area (Å²) in [5.74, 6) is 0.614. The van der Waals surface area contributed by atoms with Crippen molar-refractivity contribution in [2.24, 2.45) is 7.05 Å². The van der Waals surface area contributed by atoms with Gasteiger partial charge in [0.05, 0.1) is 0 Å². The molecule has 0 fully saturated rings. The van der Waals surface area contributed by atoms with Gasteiger partial charge in [0.15, 0.2) is 17.0 Å². The summed E-state index contributed by atoms with van der Waals surface area (Å²) in [6.07, 6.45) is 1.48. The van der Waals surface area contributed by atoms with E-state index in [0.717, 1.165) is 11.3 Å². The number of fused-ring (bicyclic) bond motifs is 1. The third-order valence-corrected chi connectivity index (χ3v) is 3.32. The van der Waals surface area contributed by atoms with Crippen LogP contribution >= 0.6 is 11.6 Å². The number of aromatic nitrogens is 5. The fourth-order valence-corrected chi connectivity index (χ4v) is 1.99. The third-order valence-electron chi connectivity index (χ3n) is 2.91. The number of halogens is 1. The number of hydrogen-bond donors (Lipinski definition) is 1. The minimum absolute atomic E-state index is 0.614. The smallest absolute Gasteiger partial charge is 0.183 e. The Morgan fingerprint density at radius 3 is 2.95 bits per heavy atom. The maximum Gasteiger partial charge on any atom is 0.183 e. The summed E-state index contributed by atoms with van der Waals surface area (Å²) in [5, 5.41) is 11.9. The Balaban J connectivity index is 2.08. The summed E-state index contributed by atoms with van der Waals surface area (Å²) in [6.45, 7) is 1.94. The van der Waals surface area contributed by atoms with Gasteiger partial charge in [-0.1, -0.05) is 22.9 Å². The fraction of sp³-hybridized carbons (Fsp3) is 0.167. The Morgan fingerprint density at radius 2 is 2.11 bits per heavy atom. The standard InChI is InChI=1S/C12H11ClN6/c1-7-8(13)4-3-5-9(7)16-11-10-12(15-6-14-11)19(2)18-17-10/h3-6H,1-2H3,(H,14,15,16). The van der Waals surface area contributed by atoms with E-state index in [1.54, 1.807) is 11.7 Å². The molecule has 0 radical (unpaired) electrons. The Bertz CT molecular complexity index is 751. The molecular weight excluding hydrogens is 264 g/mol. The van der Waals surface area contributed by atoms with E-state index >= 15 is 0 Å². The van der Waals surface area contributed by atoms with Crippen LogP contribution in [0.15, 0.2) is 24.5 Å². The first-order valence-electron chi connectivity index (χ1n) is 5.69. The average Bonchev–Trinajstić information content (AvgIpc) is 2.78. The van der Waals surface area contributed by atoms with Gasteiger partial charge in [0.2, 0.25) is 0 Å². The molecule has 0 saturated heterocycles. The molecule has 6 nitrogen and oxygen atoms in total. The quantitative estimate of drug-likeness (QED) is 0.777. The lowest BCUT2D eigenvalue weighted by atomic mass is 10.2. The molecule has 19 heavy (non-hydrogen) atoms. The van der Waals surface area contributed by atoms with Crippen molar-refractivity contribution in [2.45, 2.75) is 6.92 Å². The van der Waals surface area contributed by atoms with Crippen LogP contribution in [0.4, 0.5) is 11.5 Å². The Hall–Kier alpha value is -2.21. The highest BCUT2D eigenvalue weighted by atomic mass is 35.5. The second kappa shape index (κ2) is 4.47. The molecule has 0 bridgehead atoms. The van der Waals surface area contributed by atoms with E-state index in [1.165, 1.54) is 6.33 Å². The maximum absolute atomic E-state index is 6.10. The van der Waals surface area contributed by atoms with Gasteiger partial charge >= 0.3 is 0 Å². The van der Waals surface area contributed by atoms with Crippen LogP contribution in [0.2, 0.25) is 5.02 Å². The first kappa shape index (κ1) is 11.9. The summed E-state index contributed by atoms with van der Waals surface area (Å²) in [7, 11) is 1.79. The maximum atomic E-state index is 6.10. The van der Waals surface area contributed by atoms with Crippen molar-refractivity contribution < 1.29 is 0 Å². The zero-order valence-electron chi connectivity index (χ0n) is 10.4. The first-order valence-corrected chi connectivity index (χ1v) is 6.07. The van der Waals surface area contributed by atoms with E-state index in [0.29, 0.717) is 22.0 Å². The number of nitrogens with zero attached hydrogens (tertiary/aromatic N) is 5. The molecule has 0 atom stereocenters. The number of hydrogen-bond acceptors (Lipinski definition) is 5. The third kappa shape index (κ3) is 2.00. The summed E-state index contributed by atoms with van der Waals surface area (Å²) < 4.78 is 1.60. The van der Waals surface area contributed by atoms with Crippen LogP contribution < -0.4 is 5.32 Å². The second-order valence-corrected chi connectivity index (χ2v) is 4.55. The molecule has 1 N–H and O–H groups in total. The molecule has 2 aromatic heterocycles. The van der Waals surface area contributed by atoms with Crippen LogP contribution in [0.25, 0.3) is 11.2 Å². The normalized spacial score (nSPS) is 10.9. The molecule has 0 aliphatic carbocycles. The van der Waals surface area contributed by atoms with Gasteiger partial charge in [0.25, 0.3) is 0 Å². The van der Waals surface area contributed by atoms with Crippen LogP contribution in [0.3, 0.4) is 0 Å². The van der Waals surface area contributed by atoms with Gasteiger partial charge < -0.3 is 5.32 Å². The Morgan fingerprint density at radius 1 is 1.26 bits per heavy atom. The molecule has 0 spiro atoms. The van der Waals surface area contributed by atoms with Crippen molar-refractivity contribution in [2.75, 3.05) is 5.32 Å². The van der Waals surface area contributed by atoms with Gasteiger partial charge in [-0.15, -0.1) is 5.10 Å².